The molecule has 2 rings (SSSR count). The molecule has 0 N–H and O–H groups in total. The molecule has 0 aliphatic carbocycles. The summed E-state index contributed by atoms with van der Waals surface area (Å²) in [4.78, 5) is 0. The van der Waals surface area contributed by atoms with Crippen molar-refractivity contribution in [2.24, 2.45) is 0 Å². The Morgan fingerprint density at radius 1 is 1.00 bits per heavy atom. The van der Waals surface area contributed by atoms with E-state index in [1.54, 1.807) is 0 Å². The average molecular weight is 306 g/mol. The Balaban J connectivity index is 2.03. The number of aryl methyl sites for hydroxylation is 1. The first kappa shape index (κ1) is 16.4. The fraction of sp³-hybridized carbons (Fsp3) is 0.611. The maximum atomic E-state index is 2.44. The lowest BCUT2D eigenvalue weighted by atomic mass is 10.2. The van der Waals surface area contributed by atoms with E-state index in [1.807, 2.05) is 11.8 Å². The summed E-state index contributed by atoms with van der Waals surface area (Å²) in [5, 5.41) is 0. The zero-order valence-electron chi connectivity index (χ0n) is 13.6. The van der Waals surface area contributed by atoms with Crippen LogP contribution >= 0.6 is 11.8 Å². The van der Waals surface area contributed by atoms with Gasteiger partial charge in [0, 0.05) is 0 Å². The lowest BCUT2D eigenvalue weighted by Gasteiger charge is -1.98. The van der Waals surface area contributed by atoms with Crippen molar-refractivity contribution in [3.8, 4) is 0 Å². The van der Waals surface area contributed by atoms with Crippen molar-refractivity contribution in [1.82, 2.24) is 4.57 Å². The van der Waals surface area contributed by atoms with Crippen LogP contribution in [-0.4, -0.2) is 10.3 Å². The highest BCUT2D eigenvalue weighted by Crippen LogP contribution is 2.14. The normalized spacial score (nSPS) is 11.3. The summed E-state index contributed by atoms with van der Waals surface area (Å²) in [6.07, 6.45) is 10.2. The van der Waals surface area contributed by atoms with Crippen molar-refractivity contribution in [3.63, 3.8) is 0 Å². The third-order valence-electron chi connectivity index (χ3n) is 3.90. The van der Waals surface area contributed by atoms with Crippen molar-refractivity contribution in [2.45, 2.75) is 64.8 Å². The van der Waals surface area contributed by atoms with E-state index in [0.717, 1.165) is 12.4 Å². The van der Waals surface area contributed by atoms with Crippen LogP contribution in [0.5, 0.6) is 0 Å². The molecular weight excluding hydrogens is 276 g/mol. The van der Waals surface area contributed by atoms with Crippen molar-refractivity contribution in [2.75, 3.05) is 5.75 Å². The van der Waals surface area contributed by atoms with Crippen LogP contribution in [-0.2, 0) is 12.4 Å². The molecule has 1 aromatic carbocycles. The first-order valence-corrected chi connectivity index (χ1v) is 9.57. The van der Waals surface area contributed by atoms with E-state index in [0.29, 0.717) is 0 Å². The Morgan fingerprint density at radius 2 is 1.81 bits per heavy atom. The third kappa shape index (κ3) is 4.77. The van der Waals surface area contributed by atoms with E-state index in [1.165, 1.54) is 55.3 Å². The average Bonchev–Trinajstić information content (AvgIpc) is 2.87. The first-order valence-electron chi connectivity index (χ1n) is 8.41. The van der Waals surface area contributed by atoms with Crippen LogP contribution in [0.3, 0.4) is 0 Å². The van der Waals surface area contributed by atoms with Gasteiger partial charge in [-0.25, -0.2) is 9.13 Å². The van der Waals surface area contributed by atoms with Gasteiger partial charge in [0.1, 0.15) is 5.88 Å². The molecule has 0 saturated heterocycles. The van der Waals surface area contributed by atoms with Gasteiger partial charge in [0.2, 0.25) is 6.33 Å². The van der Waals surface area contributed by atoms with Gasteiger partial charge >= 0.3 is 0 Å². The zero-order chi connectivity index (χ0) is 14.9. The Labute approximate surface area is 133 Å². The standard InChI is InChI=1S/C18H29N2S/c1-3-5-7-10-13-19-15-20(16-21-14-6-4-2)18-12-9-8-11-17(18)19/h8-9,11-12,15H,3-7,10,13-14,16H2,1-2H3/q+1. The summed E-state index contributed by atoms with van der Waals surface area (Å²) in [7, 11) is 0. The number of unbranched alkanes of at least 4 members (excludes halogenated alkanes) is 4. The van der Waals surface area contributed by atoms with Gasteiger partial charge in [0.05, 0.1) is 6.54 Å². The number of fused-ring (bicyclic) bond motifs is 1. The highest BCUT2D eigenvalue weighted by molar-refractivity contribution is 7.98. The molecule has 0 aliphatic heterocycles. The maximum absolute atomic E-state index is 2.44. The molecule has 1 aromatic heterocycles. The smallest absolute Gasteiger partial charge is 0.230 e. The monoisotopic (exact) mass is 305 g/mol. The van der Waals surface area contributed by atoms with Crippen LogP contribution in [0.1, 0.15) is 52.4 Å². The van der Waals surface area contributed by atoms with Crippen molar-refractivity contribution >= 4 is 22.8 Å². The number of hydrogen-bond donors (Lipinski definition) is 0. The number of rotatable bonds is 10. The second-order valence-electron chi connectivity index (χ2n) is 5.72. The number of benzene rings is 1. The van der Waals surface area contributed by atoms with Crippen LogP contribution in [0.25, 0.3) is 11.0 Å². The van der Waals surface area contributed by atoms with E-state index in [4.69, 9.17) is 0 Å². The molecule has 2 nitrogen and oxygen atoms in total. The Morgan fingerprint density at radius 3 is 2.62 bits per heavy atom. The van der Waals surface area contributed by atoms with Crippen LogP contribution < -0.4 is 4.57 Å². The molecule has 116 valence electrons. The third-order valence-corrected chi connectivity index (χ3v) is 4.94. The number of aromatic nitrogens is 2. The number of para-hydroxylation sites is 2. The second-order valence-corrected chi connectivity index (χ2v) is 6.79. The molecule has 2 aromatic rings. The fourth-order valence-electron chi connectivity index (χ4n) is 2.64. The highest BCUT2D eigenvalue weighted by atomic mass is 32.2. The van der Waals surface area contributed by atoms with Crippen molar-refractivity contribution in [1.29, 1.82) is 0 Å². The molecule has 0 bridgehead atoms. The van der Waals surface area contributed by atoms with Crippen molar-refractivity contribution in [3.05, 3.63) is 30.6 Å². The Kier molecular flexibility index (Phi) is 7.14. The summed E-state index contributed by atoms with van der Waals surface area (Å²) < 4.78 is 4.85. The summed E-state index contributed by atoms with van der Waals surface area (Å²) in [6, 6.07) is 8.80. The molecule has 0 saturated carbocycles. The molecule has 0 unspecified atom stereocenters. The molecule has 0 fully saturated rings. The van der Waals surface area contributed by atoms with Crippen LogP contribution in [0.2, 0.25) is 0 Å². The summed E-state index contributed by atoms with van der Waals surface area (Å²) in [5.41, 5.74) is 2.75. The van der Waals surface area contributed by atoms with Crippen LogP contribution in [0.15, 0.2) is 30.6 Å². The van der Waals surface area contributed by atoms with Gasteiger partial charge in [-0.3, -0.25) is 0 Å². The van der Waals surface area contributed by atoms with Gasteiger partial charge < -0.3 is 0 Å². The van der Waals surface area contributed by atoms with Gasteiger partial charge in [-0.1, -0.05) is 45.2 Å². The molecule has 0 atom stereocenters. The number of imidazole rings is 1. The first-order chi connectivity index (χ1) is 10.4. The predicted molar refractivity (Wildman–Crippen MR) is 93.6 cm³/mol. The summed E-state index contributed by atoms with van der Waals surface area (Å²) in [6.45, 7) is 5.68. The number of nitrogens with zero attached hydrogens (tertiary/aromatic N) is 2. The lowest BCUT2D eigenvalue weighted by Crippen LogP contribution is -2.30. The van der Waals surface area contributed by atoms with Gasteiger partial charge in [-0.2, -0.15) is 0 Å². The summed E-state index contributed by atoms with van der Waals surface area (Å²) >= 11 is 2.04. The summed E-state index contributed by atoms with van der Waals surface area (Å²) in [5.74, 6) is 2.34. The SMILES string of the molecule is CCCCCCn1c[n+](CSCCCC)c2ccccc21. The second kappa shape index (κ2) is 9.14. The van der Waals surface area contributed by atoms with E-state index in [-0.39, 0.29) is 0 Å². The quantitative estimate of drug-likeness (QED) is 0.443. The minimum absolute atomic E-state index is 1.07. The fourth-order valence-corrected chi connectivity index (χ4v) is 3.67. The Bertz CT molecular complexity index is 487. The van der Waals surface area contributed by atoms with Gasteiger partial charge in [-0.05, 0) is 37.1 Å². The van der Waals surface area contributed by atoms with Gasteiger partial charge in [0.25, 0.3) is 0 Å². The molecule has 0 aliphatic rings. The maximum Gasteiger partial charge on any atom is 0.245 e. The molecule has 0 spiro atoms. The molecule has 1 heterocycles. The predicted octanol–water partition coefficient (Wildman–Crippen LogP) is 5.00. The molecule has 21 heavy (non-hydrogen) atoms. The molecular formula is C18H29N2S+. The lowest BCUT2D eigenvalue weighted by molar-refractivity contribution is -0.650. The minimum Gasteiger partial charge on any atom is -0.230 e. The van der Waals surface area contributed by atoms with E-state index < -0.39 is 0 Å². The largest absolute Gasteiger partial charge is 0.245 e. The van der Waals surface area contributed by atoms with E-state index in [2.05, 4.69) is 53.6 Å². The number of thioether (sulfide) groups is 1. The van der Waals surface area contributed by atoms with E-state index in [9.17, 15) is 0 Å². The molecule has 0 amide bonds. The minimum atomic E-state index is 1.07. The Hall–Kier alpha value is -0.960. The van der Waals surface area contributed by atoms with Gasteiger partial charge in [-0.15, -0.1) is 11.8 Å². The van der Waals surface area contributed by atoms with Crippen LogP contribution in [0.4, 0.5) is 0 Å². The van der Waals surface area contributed by atoms with Crippen molar-refractivity contribution < 1.29 is 4.57 Å². The highest BCUT2D eigenvalue weighted by Gasteiger charge is 2.14. The van der Waals surface area contributed by atoms with Crippen LogP contribution in [0, 0.1) is 0 Å². The molecule has 3 heteroatoms. The zero-order valence-corrected chi connectivity index (χ0v) is 14.4. The molecule has 0 radical (unpaired) electrons. The number of hydrogen-bond acceptors (Lipinski definition) is 1. The van der Waals surface area contributed by atoms with Gasteiger partial charge in [0.15, 0.2) is 11.0 Å². The van der Waals surface area contributed by atoms with E-state index >= 15 is 0 Å². The topological polar surface area (TPSA) is 8.81 Å².